The molecule has 0 aromatic heterocycles. The largest absolute Gasteiger partial charge is 0.378 e. The highest BCUT2D eigenvalue weighted by Gasteiger charge is 2.21. The molecule has 1 saturated carbocycles. The first-order valence-electron chi connectivity index (χ1n) is 7.96. The molecule has 1 unspecified atom stereocenters. The van der Waals surface area contributed by atoms with Gasteiger partial charge in [0.05, 0.1) is 6.10 Å². The van der Waals surface area contributed by atoms with Crippen molar-refractivity contribution in [2.24, 2.45) is 5.73 Å². The minimum Gasteiger partial charge on any atom is -0.378 e. The van der Waals surface area contributed by atoms with Crippen molar-refractivity contribution in [2.45, 2.75) is 69.9 Å². The second kappa shape index (κ2) is 8.13. The molecule has 1 heterocycles. The first-order valence-corrected chi connectivity index (χ1v) is 7.96. The maximum Gasteiger partial charge on any atom is 0.0576 e. The van der Waals surface area contributed by atoms with Crippen LogP contribution in [0.5, 0.6) is 0 Å². The van der Waals surface area contributed by atoms with Gasteiger partial charge in [0.2, 0.25) is 0 Å². The molecule has 0 aromatic carbocycles. The number of nitrogens with zero attached hydrogens (tertiary/aromatic N) is 1. The summed E-state index contributed by atoms with van der Waals surface area (Å²) in [7, 11) is 0. The summed E-state index contributed by atoms with van der Waals surface area (Å²) in [4.78, 5) is 2.65. The smallest absolute Gasteiger partial charge is 0.0576 e. The van der Waals surface area contributed by atoms with Crippen LogP contribution in [0.2, 0.25) is 0 Å². The van der Waals surface area contributed by atoms with Gasteiger partial charge in [-0.05, 0) is 45.1 Å². The Balaban J connectivity index is 1.67. The fourth-order valence-corrected chi connectivity index (χ4v) is 3.48. The number of hydrogen-bond acceptors (Lipinski definition) is 3. The Morgan fingerprint density at radius 2 is 1.83 bits per heavy atom. The van der Waals surface area contributed by atoms with Crippen LogP contribution in [0.3, 0.4) is 0 Å². The van der Waals surface area contributed by atoms with Gasteiger partial charge in [-0.25, -0.2) is 0 Å². The molecule has 0 aromatic rings. The molecule has 0 amide bonds. The summed E-state index contributed by atoms with van der Waals surface area (Å²) in [5, 5.41) is 0. The van der Waals surface area contributed by atoms with E-state index in [9.17, 15) is 0 Å². The second-order valence-corrected chi connectivity index (χ2v) is 5.89. The van der Waals surface area contributed by atoms with Crippen LogP contribution in [0.25, 0.3) is 0 Å². The topological polar surface area (TPSA) is 38.5 Å². The molecule has 3 heteroatoms. The standard InChI is InChI=1S/C15H30N2O/c16-10-12-17(14-6-2-1-3-7-14)11-4-8-15-9-5-13-18-15/h14-15H,1-13,16H2. The van der Waals surface area contributed by atoms with Crippen LogP contribution < -0.4 is 5.73 Å². The highest BCUT2D eigenvalue weighted by Crippen LogP contribution is 2.23. The average Bonchev–Trinajstić information content (AvgIpc) is 2.92. The van der Waals surface area contributed by atoms with Gasteiger partial charge in [0.15, 0.2) is 0 Å². The van der Waals surface area contributed by atoms with Gasteiger partial charge in [0, 0.05) is 25.7 Å². The summed E-state index contributed by atoms with van der Waals surface area (Å²) in [5.41, 5.74) is 5.76. The van der Waals surface area contributed by atoms with Gasteiger partial charge in [-0.2, -0.15) is 0 Å². The summed E-state index contributed by atoms with van der Waals surface area (Å²) in [6.45, 7) is 4.09. The normalized spacial score (nSPS) is 26.0. The molecule has 1 aliphatic carbocycles. The minimum atomic E-state index is 0.552. The third kappa shape index (κ3) is 4.52. The molecule has 2 N–H and O–H groups in total. The Morgan fingerprint density at radius 1 is 1.00 bits per heavy atom. The first-order chi connectivity index (χ1) is 8.90. The number of ether oxygens (including phenoxy) is 1. The summed E-state index contributed by atoms with van der Waals surface area (Å²) in [6.07, 6.45) is 12.7. The van der Waals surface area contributed by atoms with E-state index in [4.69, 9.17) is 10.5 Å². The zero-order valence-electron chi connectivity index (χ0n) is 11.8. The second-order valence-electron chi connectivity index (χ2n) is 5.89. The van der Waals surface area contributed by atoms with E-state index in [-0.39, 0.29) is 0 Å². The zero-order chi connectivity index (χ0) is 12.6. The molecule has 2 aliphatic rings. The zero-order valence-corrected chi connectivity index (χ0v) is 11.8. The van der Waals surface area contributed by atoms with Crippen LogP contribution >= 0.6 is 0 Å². The molecule has 18 heavy (non-hydrogen) atoms. The summed E-state index contributed by atoms with van der Waals surface area (Å²) in [5.74, 6) is 0. The number of rotatable bonds is 7. The molecule has 2 rings (SSSR count). The Hall–Kier alpha value is -0.120. The molecular formula is C15H30N2O. The van der Waals surface area contributed by atoms with Crippen molar-refractivity contribution in [2.75, 3.05) is 26.2 Å². The average molecular weight is 254 g/mol. The lowest BCUT2D eigenvalue weighted by Crippen LogP contribution is -2.40. The lowest BCUT2D eigenvalue weighted by atomic mass is 9.94. The summed E-state index contributed by atoms with van der Waals surface area (Å²) in [6, 6.07) is 0.812. The summed E-state index contributed by atoms with van der Waals surface area (Å²) < 4.78 is 5.70. The van der Waals surface area contributed by atoms with Crippen molar-refractivity contribution in [1.29, 1.82) is 0 Å². The molecule has 106 valence electrons. The molecule has 0 spiro atoms. The Bertz CT molecular complexity index is 211. The minimum absolute atomic E-state index is 0.552. The van der Waals surface area contributed by atoms with Crippen LogP contribution in [0.4, 0.5) is 0 Å². The highest BCUT2D eigenvalue weighted by molar-refractivity contribution is 4.76. The fourth-order valence-electron chi connectivity index (χ4n) is 3.48. The Labute approximate surface area is 112 Å². The van der Waals surface area contributed by atoms with Crippen LogP contribution in [-0.4, -0.2) is 43.3 Å². The molecular weight excluding hydrogens is 224 g/mol. The molecule has 0 bridgehead atoms. The monoisotopic (exact) mass is 254 g/mol. The van der Waals surface area contributed by atoms with E-state index in [0.29, 0.717) is 6.10 Å². The maximum atomic E-state index is 5.76. The molecule has 0 radical (unpaired) electrons. The first kappa shape index (κ1) is 14.3. The molecule has 3 nitrogen and oxygen atoms in total. The van der Waals surface area contributed by atoms with Gasteiger partial charge in [0.25, 0.3) is 0 Å². The van der Waals surface area contributed by atoms with Gasteiger partial charge in [-0.15, -0.1) is 0 Å². The number of hydrogen-bond donors (Lipinski definition) is 1. The lowest BCUT2D eigenvalue weighted by molar-refractivity contribution is 0.0932. The van der Waals surface area contributed by atoms with Crippen LogP contribution in [-0.2, 0) is 4.74 Å². The predicted molar refractivity (Wildman–Crippen MR) is 75.7 cm³/mol. The van der Waals surface area contributed by atoms with E-state index in [0.717, 1.165) is 25.7 Å². The Morgan fingerprint density at radius 3 is 2.50 bits per heavy atom. The Kier molecular flexibility index (Phi) is 6.46. The van der Waals surface area contributed by atoms with Crippen molar-refractivity contribution >= 4 is 0 Å². The van der Waals surface area contributed by atoms with Crippen LogP contribution in [0, 0.1) is 0 Å². The quantitative estimate of drug-likeness (QED) is 0.759. The van der Waals surface area contributed by atoms with Gasteiger partial charge in [-0.3, -0.25) is 4.90 Å². The molecule has 1 atom stereocenters. The van der Waals surface area contributed by atoms with Gasteiger partial charge in [0.1, 0.15) is 0 Å². The number of nitrogens with two attached hydrogens (primary N) is 1. The van der Waals surface area contributed by atoms with E-state index >= 15 is 0 Å². The van der Waals surface area contributed by atoms with E-state index in [1.165, 1.54) is 64.3 Å². The predicted octanol–water partition coefficient (Wildman–Crippen LogP) is 2.54. The van der Waals surface area contributed by atoms with E-state index in [1.807, 2.05) is 0 Å². The van der Waals surface area contributed by atoms with Crippen LogP contribution in [0.1, 0.15) is 57.8 Å². The highest BCUT2D eigenvalue weighted by atomic mass is 16.5. The third-order valence-corrected chi connectivity index (χ3v) is 4.50. The van der Waals surface area contributed by atoms with Gasteiger partial charge >= 0.3 is 0 Å². The lowest BCUT2D eigenvalue weighted by Gasteiger charge is -2.34. The van der Waals surface area contributed by atoms with E-state index in [1.54, 1.807) is 0 Å². The maximum absolute atomic E-state index is 5.76. The fraction of sp³-hybridized carbons (Fsp3) is 1.00. The van der Waals surface area contributed by atoms with Crippen molar-refractivity contribution in [3.8, 4) is 0 Å². The summed E-state index contributed by atoms with van der Waals surface area (Å²) >= 11 is 0. The van der Waals surface area contributed by atoms with Crippen molar-refractivity contribution in [3.05, 3.63) is 0 Å². The molecule has 1 aliphatic heterocycles. The van der Waals surface area contributed by atoms with Crippen molar-refractivity contribution in [3.63, 3.8) is 0 Å². The van der Waals surface area contributed by atoms with Crippen molar-refractivity contribution < 1.29 is 4.74 Å². The van der Waals surface area contributed by atoms with Crippen LogP contribution in [0.15, 0.2) is 0 Å². The van der Waals surface area contributed by atoms with Gasteiger partial charge in [-0.1, -0.05) is 19.3 Å². The van der Waals surface area contributed by atoms with Gasteiger partial charge < -0.3 is 10.5 Å². The third-order valence-electron chi connectivity index (χ3n) is 4.50. The SMILES string of the molecule is NCCN(CCCC1CCCO1)C1CCCCC1. The molecule has 1 saturated heterocycles. The molecule has 2 fully saturated rings. The van der Waals surface area contributed by atoms with E-state index < -0.39 is 0 Å². The van der Waals surface area contributed by atoms with Crippen molar-refractivity contribution in [1.82, 2.24) is 4.90 Å². The van der Waals surface area contributed by atoms with E-state index in [2.05, 4.69) is 4.90 Å².